The largest absolute Gasteiger partial charge is 0.432 e. The van der Waals surface area contributed by atoms with Crippen LogP contribution < -0.4 is 11.4 Å². The van der Waals surface area contributed by atoms with Gasteiger partial charge in [0, 0.05) is 6.07 Å². The van der Waals surface area contributed by atoms with Crippen LogP contribution in [0.25, 0.3) is 0 Å². The van der Waals surface area contributed by atoms with Crippen molar-refractivity contribution in [3.8, 4) is 0 Å². The quantitative estimate of drug-likeness (QED) is 0.530. The Labute approximate surface area is 58.4 Å². The highest BCUT2D eigenvalue weighted by atomic mass is 19.4. The van der Waals surface area contributed by atoms with Crippen LogP contribution in [0.5, 0.6) is 0 Å². The lowest BCUT2D eigenvalue weighted by atomic mass is 10.4. The molecule has 1 aromatic rings. The van der Waals surface area contributed by atoms with Gasteiger partial charge in [0.2, 0.25) is 0 Å². The van der Waals surface area contributed by atoms with Gasteiger partial charge in [-0.1, -0.05) is 0 Å². The predicted octanol–water partition coefficient (Wildman–Crippen LogP) is -0.0910. The molecule has 0 aliphatic carbocycles. The number of nitrogens with two attached hydrogens (primary N) is 1. The van der Waals surface area contributed by atoms with Crippen molar-refractivity contribution >= 4 is 0 Å². The number of alkyl halides is 3. The third-order valence-electron chi connectivity index (χ3n) is 1.05. The zero-order valence-electron chi connectivity index (χ0n) is 5.14. The first-order chi connectivity index (χ1) is 4.91. The first-order valence-corrected chi connectivity index (χ1v) is 2.55. The highest BCUT2D eigenvalue weighted by Crippen LogP contribution is 2.25. The highest BCUT2D eigenvalue weighted by Gasteiger charge is 2.33. The minimum Gasteiger partial charge on any atom is -0.321 e. The van der Waals surface area contributed by atoms with Crippen molar-refractivity contribution in [2.75, 3.05) is 5.84 Å². The van der Waals surface area contributed by atoms with Gasteiger partial charge in [0.25, 0.3) is 5.56 Å². The molecule has 1 heterocycles. The maximum absolute atomic E-state index is 11.7. The monoisotopic (exact) mass is 167 g/mol. The summed E-state index contributed by atoms with van der Waals surface area (Å²) in [6, 6.07) is 0.389. The molecule has 0 unspecified atom stereocenters. The van der Waals surface area contributed by atoms with Crippen LogP contribution >= 0.6 is 0 Å². The Morgan fingerprint density at radius 1 is 1.55 bits per heavy atom. The van der Waals surface area contributed by atoms with E-state index in [9.17, 15) is 18.0 Å². The van der Waals surface area contributed by atoms with E-state index in [1.807, 2.05) is 0 Å². The number of aromatic nitrogens is 2. The maximum Gasteiger partial charge on any atom is 0.432 e. The molecule has 0 bridgehead atoms. The van der Waals surface area contributed by atoms with Gasteiger partial charge in [0.05, 0.1) is 0 Å². The number of nitrogens with zero attached hydrogens (tertiary/aromatic N) is 1. The van der Waals surface area contributed by atoms with Crippen molar-refractivity contribution in [2.45, 2.75) is 6.18 Å². The molecule has 0 saturated carbocycles. The Balaban J connectivity index is 3.18. The van der Waals surface area contributed by atoms with E-state index in [1.54, 1.807) is 5.10 Å². The molecule has 0 aliphatic heterocycles. The number of nitrogen functional groups attached to an aromatic ring is 1. The third kappa shape index (κ3) is 1.36. The molecule has 4 nitrogen and oxygen atoms in total. The predicted molar refractivity (Wildman–Crippen MR) is 30.2 cm³/mol. The lowest BCUT2D eigenvalue weighted by Crippen LogP contribution is -2.23. The van der Waals surface area contributed by atoms with Gasteiger partial charge in [-0.3, -0.25) is 9.89 Å². The molecular weight excluding hydrogens is 163 g/mol. The molecule has 0 radical (unpaired) electrons. The summed E-state index contributed by atoms with van der Waals surface area (Å²) in [7, 11) is 0. The van der Waals surface area contributed by atoms with Gasteiger partial charge in [-0.15, -0.1) is 0 Å². The van der Waals surface area contributed by atoms with Gasteiger partial charge >= 0.3 is 6.18 Å². The first kappa shape index (κ1) is 7.70. The number of hydrogen-bond donors (Lipinski definition) is 2. The molecule has 1 aromatic heterocycles. The fourth-order valence-corrected chi connectivity index (χ4v) is 0.555. The number of hydrogen-bond acceptors (Lipinski definition) is 2. The van der Waals surface area contributed by atoms with Gasteiger partial charge < -0.3 is 5.84 Å². The average Bonchev–Trinajstić information content (AvgIpc) is 2.11. The van der Waals surface area contributed by atoms with Crippen LogP contribution in [-0.4, -0.2) is 9.89 Å². The Hall–Kier alpha value is -1.40. The van der Waals surface area contributed by atoms with E-state index >= 15 is 0 Å². The van der Waals surface area contributed by atoms with Crippen molar-refractivity contribution in [3.63, 3.8) is 0 Å². The summed E-state index contributed by atoms with van der Waals surface area (Å²) < 4.78 is 35.2. The Kier molecular flexibility index (Phi) is 1.43. The minimum atomic E-state index is -4.55. The summed E-state index contributed by atoms with van der Waals surface area (Å²) >= 11 is 0. The van der Waals surface area contributed by atoms with Gasteiger partial charge in [-0.25, -0.2) is 0 Å². The van der Waals surface area contributed by atoms with Crippen molar-refractivity contribution in [2.24, 2.45) is 0 Å². The molecule has 0 spiro atoms. The standard InChI is InChI=1S/C4H4F3N3O/c5-4(6,7)2-1-3(11)10(8)9-2/h1,9H,8H2. The van der Waals surface area contributed by atoms with Crippen molar-refractivity contribution in [3.05, 3.63) is 22.1 Å². The molecule has 7 heteroatoms. The van der Waals surface area contributed by atoms with Crippen molar-refractivity contribution in [1.29, 1.82) is 0 Å². The molecule has 62 valence electrons. The second-order valence-corrected chi connectivity index (χ2v) is 1.88. The van der Waals surface area contributed by atoms with Gasteiger partial charge in [0.1, 0.15) is 5.69 Å². The second kappa shape index (κ2) is 2.04. The molecular formula is C4H4F3N3O. The van der Waals surface area contributed by atoms with Crippen LogP contribution in [0.4, 0.5) is 13.2 Å². The molecule has 1 rings (SSSR count). The fourth-order valence-electron chi connectivity index (χ4n) is 0.555. The number of H-pyrrole nitrogens is 1. The van der Waals surface area contributed by atoms with E-state index in [4.69, 9.17) is 5.84 Å². The molecule has 0 amide bonds. The Morgan fingerprint density at radius 2 is 2.09 bits per heavy atom. The number of nitrogens with one attached hydrogen (secondary N) is 1. The van der Waals surface area contributed by atoms with Crippen molar-refractivity contribution < 1.29 is 13.2 Å². The third-order valence-corrected chi connectivity index (χ3v) is 1.05. The Bertz CT molecular complexity index is 309. The van der Waals surface area contributed by atoms with Crippen LogP contribution in [0.15, 0.2) is 10.9 Å². The maximum atomic E-state index is 11.7. The van der Waals surface area contributed by atoms with Crippen LogP contribution in [0.3, 0.4) is 0 Å². The number of halogens is 3. The number of aromatic amines is 1. The van der Waals surface area contributed by atoms with Gasteiger partial charge in [0.15, 0.2) is 0 Å². The molecule has 3 N–H and O–H groups in total. The summed E-state index contributed by atoms with van der Waals surface area (Å²) in [5.41, 5.74) is -2.07. The normalized spacial score (nSPS) is 11.9. The van der Waals surface area contributed by atoms with E-state index in [2.05, 4.69) is 0 Å². The fraction of sp³-hybridized carbons (Fsp3) is 0.250. The first-order valence-electron chi connectivity index (χ1n) is 2.55. The molecule has 0 atom stereocenters. The summed E-state index contributed by atoms with van der Waals surface area (Å²) in [4.78, 5) is 10.7. The minimum absolute atomic E-state index is 0.267. The highest BCUT2D eigenvalue weighted by molar-refractivity contribution is 5.03. The second-order valence-electron chi connectivity index (χ2n) is 1.88. The summed E-state index contributed by atoms with van der Waals surface area (Å²) in [5, 5.41) is 1.64. The van der Waals surface area contributed by atoms with E-state index in [0.29, 0.717) is 6.07 Å². The zero-order chi connectivity index (χ0) is 8.65. The molecule has 0 saturated heterocycles. The lowest BCUT2D eigenvalue weighted by Gasteiger charge is -2.00. The zero-order valence-corrected chi connectivity index (χ0v) is 5.14. The Morgan fingerprint density at radius 3 is 2.27 bits per heavy atom. The van der Waals surface area contributed by atoms with E-state index in [1.165, 1.54) is 0 Å². The number of rotatable bonds is 0. The smallest absolute Gasteiger partial charge is 0.321 e. The van der Waals surface area contributed by atoms with Crippen LogP contribution in [-0.2, 0) is 6.18 Å². The lowest BCUT2D eigenvalue weighted by molar-refractivity contribution is -0.141. The van der Waals surface area contributed by atoms with E-state index in [-0.39, 0.29) is 4.79 Å². The van der Waals surface area contributed by atoms with Crippen LogP contribution in [0.1, 0.15) is 5.69 Å². The van der Waals surface area contributed by atoms with Crippen LogP contribution in [0, 0.1) is 0 Å². The van der Waals surface area contributed by atoms with E-state index < -0.39 is 17.4 Å². The van der Waals surface area contributed by atoms with Gasteiger partial charge in [-0.05, 0) is 0 Å². The SMILES string of the molecule is Nn1[nH]c(C(F)(F)F)cc1=O. The summed E-state index contributed by atoms with van der Waals surface area (Å²) in [6.45, 7) is 0. The van der Waals surface area contributed by atoms with E-state index in [0.717, 1.165) is 0 Å². The summed E-state index contributed by atoms with van der Waals surface area (Å²) in [5.74, 6) is 4.79. The van der Waals surface area contributed by atoms with Gasteiger partial charge in [-0.2, -0.15) is 18.0 Å². The molecule has 0 aliphatic rings. The van der Waals surface area contributed by atoms with Crippen molar-refractivity contribution in [1.82, 2.24) is 9.89 Å². The summed E-state index contributed by atoms with van der Waals surface area (Å²) in [6.07, 6.45) is -4.55. The topological polar surface area (TPSA) is 63.8 Å². The average molecular weight is 167 g/mol. The van der Waals surface area contributed by atoms with Crippen LogP contribution in [0.2, 0.25) is 0 Å². The molecule has 0 fully saturated rings. The molecule has 11 heavy (non-hydrogen) atoms. The molecule has 0 aromatic carbocycles.